The Morgan fingerprint density at radius 3 is 2.73 bits per heavy atom. The molecule has 0 aliphatic heterocycles. The number of thiophene rings is 1. The van der Waals surface area contributed by atoms with Crippen LogP contribution in [0.15, 0.2) is 53.9 Å². The summed E-state index contributed by atoms with van der Waals surface area (Å²) in [6.45, 7) is 1.97. The fourth-order valence-corrected chi connectivity index (χ4v) is 4.56. The normalized spacial score (nSPS) is 16.8. The van der Waals surface area contributed by atoms with Crippen molar-refractivity contribution in [3.05, 3.63) is 75.7 Å². The molecule has 0 amide bonds. The SMILES string of the molecule is Cc1nn(-c2ccccc2)c2nc3c(cc12)C(=O)C[C@H](c1cccs1)C3. The molecule has 0 N–H and O–H groups in total. The monoisotopic (exact) mass is 359 g/mol. The second-order valence-corrected chi connectivity index (χ2v) is 7.71. The standard InChI is InChI=1S/C21H17N3OS/c1-13-16-12-17-18(10-14(11-19(17)25)20-8-5-9-26-20)22-21(16)24(23-13)15-6-3-2-4-7-15/h2-9,12,14H,10-11H2,1H3/t14-/m1/s1. The Hall–Kier alpha value is -2.79. The third-order valence-electron chi connectivity index (χ3n) is 5.04. The summed E-state index contributed by atoms with van der Waals surface area (Å²) in [7, 11) is 0. The molecular weight excluding hydrogens is 342 g/mol. The summed E-state index contributed by atoms with van der Waals surface area (Å²) in [5.41, 5.74) is 4.36. The van der Waals surface area contributed by atoms with Crippen molar-refractivity contribution in [1.29, 1.82) is 0 Å². The van der Waals surface area contributed by atoms with E-state index in [2.05, 4.69) is 16.5 Å². The first kappa shape index (κ1) is 15.5. The number of ketones is 1. The zero-order chi connectivity index (χ0) is 17.7. The molecule has 0 unspecified atom stereocenters. The van der Waals surface area contributed by atoms with Gasteiger partial charge in [0.25, 0.3) is 0 Å². The van der Waals surface area contributed by atoms with Crippen molar-refractivity contribution < 1.29 is 4.79 Å². The van der Waals surface area contributed by atoms with Gasteiger partial charge in [0.15, 0.2) is 11.4 Å². The van der Waals surface area contributed by atoms with E-state index in [9.17, 15) is 4.79 Å². The molecule has 0 radical (unpaired) electrons. The zero-order valence-electron chi connectivity index (χ0n) is 14.3. The number of rotatable bonds is 2. The number of fused-ring (bicyclic) bond motifs is 2. The smallest absolute Gasteiger partial charge is 0.165 e. The van der Waals surface area contributed by atoms with E-state index in [1.54, 1.807) is 11.3 Å². The molecule has 0 saturated heterocycles. The Morgan fingerprint density at radius 2 is 1.96 bits per heavy atom. The summed E-state index contributed by atoms with van der Waals surface area (Å²) in [6, 6.07) is 16.2. The highest BCUT2D eigenvalue weighted by molar-refractivity contribution is 7.10. The van der Waals surface area contributed by atoms with Gasteiger partial charge in [-0.05, 0) is 43.0 Å². The predicted molar refractivity (Wildman–Crippen MR) is 103 cm³/mol. The molecule has 1 aromatic carbocycles. The van der Waals surface area contributed by atoms with Gasteiger partial charge in [-0.15, -0.1) is 11.3 Å². The van der Waals surface area contributed by atoms with Crippen molar-refractivity contribution >= 4 is 28.2 Å². The van der Waals surface area contributed by atoms with Gasteiger partial charge in [0.05, 0.1) is 17.1 Å². The average Bonchev–Trinajstić information content (AvgIpc) is 3.30. The van der Waals surface area contributed by atoms with Crippen LogP contribution in [-0.2, 0) is 6.42 Å². The van der Waals surface area contributed by atoms with Gasteiger partial charge in [-0.25, -0.2) is 9.67 Å². The van der Waals surface area contributed by atoms with Gasteiger partial charge in [-0.2, -0.15) is 5.10 Å². The van der Waals surface area contributed by atoms with Gasteiger partial charge < -0.3 is 0 Å². The number of Topliss-reactive ketones (excluding diaryl/α,β-unsaturated/α-hetero) is 1. The Kier molecular flexibility index (Phi) is 3.50. The van der Waals surface area contributed by atoms with Gasteiger partial charge in [-0.1, -0.05) is 24.3 Å². The number of nitrogens with zero attached hydrogens (tertiary/aromatic N) is 3. The first-order valence-corrected chi connectivity index (χ1v) is 9.60. The molecule has 1 atom stereocenters. The molecule has 0 saturated carbocycles. The van der Waals surface area contributed by atoms with Crippen molar-refractivity contribution in [2.24, 2.45) is 0 Å². The largest absolute Gasteiger partial charge is 0.294 e. The number of hydrogen-bond acceptors (Lipinski definition) is 4. The van der Waals surface area contributed by atoms with E-state index in [4.69, 9.17) is 4.98 Å². The first-order chi connectivity index (χ1) is 12.7. The van der Waals surface area contributed by atoms with Crippen LogP contribution in [-0.4, -0.2) is 20.5 Å². The van der Waals surface area contributed by atoms with Crippen LogP contribution in [0, 0.1) is 6.92 Å². The van der Waals surface area contributed by atoms with Gasteiger partial charge in [0.2, 0.25) is 0 Å². The van der Waals surface area contributed by atoms with Crippen molar-refractivity contribution in [2.75, 3.05) is 0 Å². The Morgan fingerprint density at radius 1 is 1.12 bits per heavy atom. The summed E-state index contributed by atoms with van der Waals surface area (Å²) < 4.78 is 1.88. The van der Waals surface area contributed by atoms with Crippen LogP contribution >= 0.6 is 11.3 Å². The fourth-order valence-electron chi connectivity index (χ4n) is 3.73. The molecule has 0 spiro atoms. The Bertz CT molecular complexity index is 1110. The van der Waals surface area contributed by atoms with Gasteiger partial charge in [-0.3, -0.25) is 4.79 Å². The molecule has 26 heavy (non-hydrogen) atoms. The Balaban J connectivity index is 1.67. The highest BCUT2D eigenvalue weighted by Crippen LogP contribution is 2.35. The molecule has 4 aromatic rings. The minimum absolute atomic E-state index is 0.186. The van der Waals surface area contributed by atoms with E-state index in [0.717, 1.165) is 40.1 Å². The van der Waals surface area contributed by atoms with Gasteiger partial charge in [0, 0.05) is 28.2 Å². The molecule has 3 heterocycles. The molecule has 1 aliphatic rings. The number of aromatic nitrogens is 3. The van der Waals surface area contributed by atoms with Crippen LogP contribution in [0.25, 0.3) is 16.7 Å². The molecule has 5 heteroatoms. The Labute approximate surface area is 155 Å². The lowest BCUT2D eigenvalue weighted by molar-refractivity contribution is 0.0964. The van der Waals surface area contributed by atoms with Crippen LogP contribution in [0.3, 0.4) is 0 Å². The lowest BCUT2D eigenvalue weighted by Crippen LogP contribution is -2.19. The van der Waals surface area contributed by atoms with E-state index in [0.29, 0.717) is 6.42 Å². The van der Waals surface area contributed by atoms with E-state index in [1.807, 2.05) is 54.1 Å². The highest BCUT2D eigenvalue weighted by Gasteiger charge is 2.29. The van der Waals surface area contributed by atoms with E-state index < -0.39 is 0 Å². The lowest BCUT2D eigenvalue weighted by atomic mass is 9.84. The maximum atomic E-state index is 12.8. The quantitative estimate of drug-likeness (QED) is 0.521. The fraction of sp³-hybridized carbons (Fsp3) is 0.190. The second kappa shape index (κ2) is 5.88. The van der Waals surface area contributed by atoms with Crippen LogP contribution in [0.5, 0.6) is 0 Å². The third kappa shape index (κ3) is 2.39. The molecule has 0 fully saturated rings. The topological polar surface area (TPSA) is 47.8 Å². The summed E-state index contributed by atoms with van der Waals surface area (Å²) in [5.74, 6) is 0.417. The summed E-state index contributed by atoms with van der Waals surface area (Å²) in [6.07, 6.45) is 1.36. The number of carbonyl (C=O) groups excluding carboxylic acids is 1. The van der Waals surface area contributed by atoms with Crippen LogP contribution < -0.4 is 0 Å². The zero-order valence-corrected chi connectivity index (χ0v) is 15.2. The third-order valence-corrected chi connectivity index (χ3v) is 6.07. The van der Waals surface area contributed by atoms with E-state index in [1.165, 1.54) is 4.88 Å². The summed E-state index contributed by atoms with van der Waals surface area (Å²) in [5, 5.41) is 7.69. The van der Waals surface area contributed by atoms with Crippen molar-refractivity contribution in [3.63, 3.8) is 0 Å². The lowest BCUT2D eigenvalue weighted by Gasteiger charge is -2.22. The average molecular weight is 359 g/mol. The second-order valence-electron chi connectivity index (χ2n) is 6.73. The number of para-hydroxylation sites is 1. The highest BCUT2D eigenvalue weighted by atomic mass is 32.1. The van der Waals surface area contributed by atoms with Crippen LogP contribution in [0.4, 0.5) is 0 Å². The molecule has 4 nitrogen and oxygen atoms in total. The maximum absolute atomic E-state index is 12.8. The number of aryl methyl sites for hydroxylation is 1. The molecule has 1 aliphatic carbocycles. The summed E-state index contributed by atoms with van der Waals surface area (Å²) >= 11 is 1.72. The van der Waals surface area contributed by atoms with Crippen molar-refractivity contribution in [1.82, 2.24) is 14.8 Å². The van der Waals surface area contributed by atoms with Gasteiger partial charge >= 0.3 is 0 Å². The van der Waals surface area contributed by atoms with E-state index >= 15 is 0 Å². The van der Waals surface area contributed by atoms with Crippen molar-refractivity contribution in [3.8, 4) is 5.69 Å². The summed E-state index contributed by atoms with van der Waals surface area (Å²) in [4.78, 5) is 18.9. The molecule has 5 rings (SSSR count). The number of benzene rings is 1. The van der Waals surface area contributed by atoms with Crippen LogP contribution in [0.1, 0.15) is 39.0 Å². The minimum atomic E-state index is 0.186. The molecule has 3 aromatic heterocycles. The molecule has 0 bridgehead atoms. The number of carbonyl (C=O) groups is 1. The maximum Gasteiger partial charge on any atom is 0.165 e. The molecular formula is C21H17N3OS. The molecule has 128 valence electrons. The van der Waals surface area contributed by atoms with E-state index in [-0.39, 0.29) is 11.7 Å². The predicted octanol–water partition coefficient (Wildman–Crippen LogP) is 4.70. The van der Waals surface area contributed by atoms with Gasteiger partial charge in [0.1, 0.15) is 0 Å². The minimum Gasteiger partial charge on any atom is -0.294 e. The number of pyridine rings is 1. The number of hydrogen-bond donors (Lipinski definition) is 0. The van der Waals surface area contributed by atoms with Crippen LogP contribution in [0.2, 0.25) is 0 Å². The first-order valence-electron chi connectivity index (χ1n) is 8.72. The van der Waals surface area contributed by atoms with Crippen molar-refractivity contribution in [2.45, 2.75) is 25.7 Å².